The Morgan fingerprint density at radius 3 is 2.21 bits per heavy atom. The molecule has 0 aromatic heterocycles. The fourth-order valence-corrected chi connectivity index (χ4v) is 1.05. The minimum Gasteiger partial charge on any atom is -0.383 e. The van der Waals surface area contributed by atoms with Gasteiger partial charge in [-0.2, -0.15) is 0 Å². The highest BCUT2D eigenvalue weighted by molar-refractivity contribution is 5.97. The summed E-state index contributed by atoms with van der Waals surface area (Å²) in [4.78, 5) is 4.44. The van der Waals surface area contributed by atoms with Gasteiger partial charge in [-0.15, -0.1) is 0 Å². The zero-order valence-corrected chi connectivity index (χ0v) is 9.07. The van der Waals surface area contributed by atoms with Crippen molar-refractivity contribution in [2.45, 2.75) is 26.8 Å². The maximum Gasteiger partial charge on any atom is 0.125 e. The molecule has 0 heterocycles. The van der Waals surface area contributed by atoms with Gasteiger partial charge in [0.25, 0.3) is 0 Å². The van der Waals surface area contributed by atoms with Gasteiger partial charge < -0.3 is 5.73 Å². The molecule has 0 spiro atoms. The third kappa shape index (κ3) is 2.87. The molecule has 0 fully saturated rings. The molecule has 0 radical (unpaired) electrons. The van der Waals surface area contributed by atoms with Crippen LogP contribution in [0.1, 0.15) is 26.3 Å². The van der Waals surface area contributed by atoms with Crippen LogP contribution >= 0.6 is 0 Å². The predicted octanol–water partition coefficient (Wildman–Crippen LogP) is 2.44. The molecule has 0 bridgehead atoms. The van der Waals surface area contributed by atoms with E-state index < -0.39 is 0 Å². The molecule has 2 N–H and O–H groups in total. The topological polar surface area (TPSA) is 38.4 Å². The van der Waals surface area contributed by atoms with Crippen LogP contribution in [0.3, 0.4) is 0 Å². The number of hydrogen-bond acceptors (Lipinski definition) is 1. The van der Waals surface area contributed by atoms with Crippen LogP contribution in [-0.2, 0) is 0 Å². The van der Waals surface area contributed by atoms with E-state index in [0.717, 1.165) is 5.56 Å². The summed E-state index contributed by atoms with van der Waals surface area (Å²) in [5, 5.41) is 0. The highest BCUT2D eigenvalue weighted by Crippen LogP contribution is 2.06. The van der Waals surface area contributed by atoms with E-state index in [1.807, 2.05) is 30.3 Å². The summed E-state index contributed by atoms with van der Waals surface area (Å²) in [7, 11) is 0. The molecular formula is C12H18N2. The van der Waals surface area contributed by atoms with Crippen molar-refractivity contribution in [3.8, 4) is 0 Å². The lowest BCUT2D eigenvalue weighted by Crippen LogP contribution is -2.19. The molecule has 1 aromatic carbocycles. The lowest BCUT2D eigenvalue weighted by molar-refractivity contribution is 0.531. The average molecular weight is 190 g/mol. The predicted molar refractivity (Wildman–Crippen MR) is 61.5 cm³/mol. The Hall–Kier alpha value is -1.31. The van der Waals surface area contributed by atoms with Gasteiger partial charge in [0, 0.05) is 5.56 Å². The monoisotopic (exact) mass is 190 g/mol. The van der Waals surface area contributed by atoms with Crippen molar-refractivity contribution in [2.75, 3.05) is 0 Å². The van der Waals surface area contributed by atoms with Gasteiger partial charge >= 0.3 is 0 Å². The van der Waals surface area contributed by atoms with Gasteiger partial charge in [0.1, 0.15) is 5.84 Å². The SMILES string of the molecule is CC(C)C(C)N=C(N)c1ccccc1. The molecule has 76 valence electrons. The second-order valence-corrected chi connectivity index (χ2v) is 3.86. The Balaban J connectivity index is 2.80. The summed E-state index contributed by atoms with van der Waals surface area (Å²) < 4.78 is 0. The molecule has 14 heavy (non-hydrogen) atoms. The lowest BCUT2D eigenvalue weighted by Gasteiger charge is -2.11. The first-order chi connectivity index (χ1) is 6.61. The van der Waals surface area contributed by atoms with Crippen LogP contribution in [0.25, 0.3) is 0 Å². The summed E-state index contributed by atoms with van der Waals surface area (Å²) in [6, 6.07) is 10.1. The highest BCUT2D eigenvalue weighted by Gasteiger charge is 2.06. The van der Waals surface area contributed by atoms with Crippen LogP contribution in [0, 0.1) is 5.92 Å². The van der Waals surface area contributed by atoms with Crippen LogP contribution in [0.15, 0.2) is 35.3 Å². The van der Waals surface area contributed by atoms with Crippen LogP contribution in [0.5, 0.6) is 0 Å². The number of rotatable bonds is 3. The largest absolute Gasteiger partial charge is 0.383 e. The molecule has 0 aliphatic rings. The molecule has 0 saturated carbocycles. The van der Waals surface area contributed by atoms with Crippen molar-refractivity contribution < 1.29 is 0 Å². The van der Waals surface area contributed by atoms with Crippen molar-refractivity contribution >= 4 is 5.84 Å². The fourth-order valence-electron chi connectivity index (χ4n) is 1.05. The third-order valence-corrected chi connectivity index (χ3v) is 2.38. The zero-order valence-electron chi connectivity index (χ0n) is 9.07. The maximum atomic E-state index is 5.88. The van der Waals surface area contributed by atoms with E-state index in [1.165, 1.54) is 0 Å². The molecule has 0 aliphatic carbocycles. The first-order valence-electron chi connectivity index (χ1n) is 5.00. The minimum absolute atomic E-state index is 0.273. The summed E-state index contributed by atoms with van der Waals surface area (Å²) in [5.74, 6) is 1.16. The zero-order chi connectivity index (χ0) is 10.6. The van der Waals surface area contributed by atoms with Gasteiger partial charge in [-0.25, -0.2) is 0 Å². The van der Waals surface area contributed by atoms with Crippen molar-refractivity contribution in [2.24, 2.45) is 16.6 Å². The number of nitrogens with two attached hydrogens (primary N) is 1. The van der Waals surface area contributed by atoms with Crippen LogP contribution in [-0.4, -0.2) is 11.9 Å². The number of hydrogen-bond donors (Lipinski definition) is 1. The molecule has 1 aromatic rings. The molecule has 1 rings (SSSR count). The first-order valence-corrected chi connectivity index (χ1v) is 5.00. The number of nitrogens with zero attached hydrogens (tertiary/aromatic N) is 1. The van der Waals surface area contributed by atoms with E-state index in [9.17, 15) is 0 Å². The highest BCUT2D eigenvalue weighted by atomic mass is 14.9. The van der Waals surface area contributed by atoms with Gasteiger partial charge in [0.2, 0.25) is 0 Å². The summed E-state index contributed by atoms with van der Waals surface area (Å²) in [6.45, 7) is 6.37. The third-order valence-electron chi connectivity index (χ3n) is 2.38. The van der Waals surface area contributed by atoms with Crippen LogP contribution in [0.4, 0.5) is 0 Å². The van der Waals surface area contributed by atoms with E-state index >= 15 is 0 Å². The van der Waals surface area contributed by atoms with Gasteiger partial charge in [0.05, 0.1) is 6.04 Å². The summed E-state index contributed by atoms with van der Waals surface area (Å²) >= 11 is 0. The van der Waals surface area contributed by atoms with E-state index in [2.05, 4.69) is 25.8 Å². The Labute approximate surface area is 85.9 Å². The Morgan fingerprint density at radius 1 is 1.14 bits per heavy atom. The molecule has 0 aliphatic heterocycles. The molecule has 0 saturated heterocycles. The first kappa shape index (κ1) is 10.8. The fraction of sp³-hybridized carbons (Fsp3) is 0.417. The number of benzene rings is 1. The minimum atomic E-state index is 0.273. The Kier molecular flexibility index (Phi) is 3.69. The van der Waals surface area contributed by atoms with Crippen molar-refractivity contribution in [1.29, 1.82) is 0 Å². The molecule has 0 amide bonds. The van der Waals surface area contributed by atoms with Gasteiger partial charge in [0.15, 0.2) is 0 Å². The summed E-state index contributed by atoms with van der Waals surface area (Å²) in [5.41, 5.74) is 6.88. The van der Waals surface area contributed by atoms with E-state index in [0.29, 0.717) is 11.8 Å². The smallest absolute Gasteiger partial charge is 0.125 e. The van der Waals surface area contributed by atoms with Crippen molar-refractivity contribution in [1.82, 2.24) is 0 Å². The second kappa shape index (κ2) is 4.80. The summed E-state index contributed by atoms with van der Waals surface area (Å²) in [6.07, 6.45) is 0. The maximum absolute atomic E-state index is 5.88. The molecule has 1 atom stereocenters. The van der Waals surface area contributed by atoms with Gasteiger partial charge in [-0.3, -0.25) is 4.99 Å². The molecular weight excluding hydrogens is 172 g/mol. The Bertz CT molecular complexity index is 301. The van der Waals surface area contributed by atoms with Gasteiger partial charge in [-0.05, 0) is 12.8 Å². The van der Waals surface area contributed by atoms with Gasteiger partial charge in [-0.1, -0.05) is 44.2 Å². The van der Waals surface area contributed by atoms with E-state index in [4.69, 9.17) is 5.73 Å². The van der Waals surface area contributed by atoms with Crippen LogP contribution < -0.4 is 5.73 Å². The second-order valence-electron chi connectivity index (χ2n) is 3.86. The standard InChI is InChI=1S/C12H18N2/c1-9(2)10(3)14-12(13)11-7-5-4-6-8-11/h4-10H,1-3H3,(H2,13,14). The van der Waals surface area contributed by atoms with Crippen molar-refractivity contribution in [3.63, 3.8) is 0 Å². The van der Waals surface area contributed by atoms with Crippen LogP contribution in [0.2, 0.25) is 0 Å². The molecule has 2 heteroatoms. The van der Waals surface area contributed by atoms with E-state index in [-0.39, 0.29) is 6.04 Å². The number of aliphatic imine (C=N–C) groups is 1. The lowest BCUT2D eigenvalue weighted by atomic mass is 10.1. The quantitative estimate of drug-likeness (QED) is 0.577. The Morgan fingerprint density at radius 2 is 1.71 bits per heavy atom. The number of amidine groups is 1. The normalized spacial score (nSPS) is 14.4. The molecule has 2 nitrogen and oxygen atoms in total. The van der Waals surface area contributed by atoms with Crippen molar-refractivity contribution in [3.05, 3.63) is 35.9 Å². The van der Waals surface area contributed by atoms with E-state index in [1.54, 1.807) is 0 Å². The average Bonchev–Trinajstić information content (AvgIpc) is 2.19. The molecule has 1 unspecified atom stereocenters.